The minimum atomic E-state index is -0.0170. The summed E-state index contributed by atoms with van der Waals surface area (Å²) in [5, 5.41) is 0. The average Bonchev–Trinajstić information content (AvgIpc) is 2.18. The monoisotopic (exact) mass is 211 g/mol. The lowest BCUT2D eigenvalue weighted by atomic mass is 9.78. The second-order valence-corrected chi connectivity index (χ2v) is 5.06. The molecule has 0 N–H and O–H groups in total. The smallest absolute Gasteiger partial charge is 0.308 e. The van der Waals surface area contributed by atoms with Gasteiger partial charge in [-0.25, -0.2) is 0 Å². The Hall–Kier alpha value is -0.570. The first-order valence-electron chi connectivity index (χ1n) is 6.02. The van der Waals surface area contributed by atoms with E-state index in [4.69, 9.17) is 4.74 Å². The molecule has 1 aliphatic carbocycles. The Morgan fingerprint density at radius 1 is 1.27 bits per heavy atom. The Balaban J connectivity index is 1.73. The summed E-state index contributed by atoms with van der Waals surface area (Å²) in [5.74, 6) is 1.05. The Morgan fingerprint density at radius 2 is 1.87 bits per heavy atom. The van der Waals surface area contributed by atoms with Gasteiger partial charge < -0.3 is 9.64 Å². The van der Waals surface area contributed by atoms with Crippen LogP contribution in [-0.2, 0) is 9.53 Å². The Morgan fingerprint density at radius 3 is 2.40 bits per heavy atom. The van der Waals surface area contributed by atoms with Gasteiger partial charge in [-0.1, -0.05) is 6.92 Å². The standard InChI is InChI=1S/C12H21NO2/c1-9-3-5-13(6-4-9)11-7-10(8-11)12(14)15-2/h9-11H,3-8H2,1-2H3. The van der Waals surface area contributed by atoms with E-state index in [0.29, 0.717) is 6.04 Å². The molecule has 2 fully saturated rings. The predicted molar refractivity (Wildman–Crippen MR) is 58.5 cm³/mol. The second-order valence-electron chi connectivity index (χ2n) is 5.06. The molecule has 1 aliphatic heterocycles. The van der Waals surface area contributed by atoms with Crippen molar-refractivity contribution >= 4 is 5.97 Å². The molecular formula is C12H21NO2. The highest BCUT2D eigenvalue weighted by Crippen LogP contribution is 2.34. The fraction of sp³-hybridized carbons (Fsp3) is 0.917. The summed E-state index contributed by atoms with van der Waals surface area (Å²) in [6, 6.07) is 0.654. The van der Waals surface area contributed by atoms with Gasteiger partial charge in [0.1, 0.15) is 0 Å². The number of nitrogens with zero attached hydrogens (tertiary/aromatic N) is 1. The molecule has 15 heavy (non-hydrogen) atoms. The fourth-order valence-corrected chi connectivity index (χ4v) is 2.64. The maximum Gasteiger partial charge on any atom is 0.308 e. The van der Waals surface area contributed by atoms with E-state index in [9.17, 15) is 4.79 Å². The number of esters is 1. The molecule has 2 rings (SSSR count). The van der Waals surface area contributed by atoms with Crippen LogP contribution < -0.4 is 0 Å². The van der Waals surface area contributed by atoms with Gasteiger partial charge in [0.25, 0.3) is 0 Å². The molecule has 0 aromatic heterocycles. The Kier molecular flexibility index (Phi) is 3.29. The van der Waals surface area contributed by atoms with Crippen molar-refractivity contribution < 1.29 is 9.53 Å². The highest BCUT2D eigenvalue weighted by atomic mass is 16.5. The molecule has 1 saturated carbocycles. The number of likely N-dealkylation sites (tertiary alicyclic amines) is 1. The van der Waals surface area contributed by atoms with Gasteiger partial charge in [-0.2, -0.15) is 0 Å². The number of hydrogen-bond donors (Lipinski definition) is 0. The highest BCUT2D eigenvalue weighted by Gasteiger charge is 2.39. The lowest BCUT2D eigenvalue weighted by Gasteiger charge is -2.44. The average molecular weight is 211 g/mol. The van der Waals surface area contributed by atoms with Crippen LogP contribution in [0.2, 0.25) is 0 Å². The maximum atomic E-state index is 11.2. The van der Waals surface area contributed by atoms with Crippen molar-refractivity contribution in [1.29, 1.82) is 0 Å². The number of rotatable bonds is 2. The molecule has 0 aromatic rings. The fourth-order valence-electron chi connectivity index (χ4n) is 2.64. The molecule has 86 valence electrons. The summed E-state index contributed by atoms with van der Waals surface area (Å²) >= 11 is 0. The number of piperidine rings is 1. The van der Waals surface area contributed by atoms with Crippen molar-refractivity contribution in [2.45, 2.75) is 38.6 Å². The molecule has 0 bridgehead atoms. The van der Waals surface area contributed by atoms with Crippen LogP contribution in [0.25, 0.3) is 0 Å². The van der Waals surface area contributed by atoms with Crippen molar-refractivity contribution in [3.63, 3.8) is 0 Å². The Bertz CT molecular complexity index is 228. The van der Waals surface area contributed by atoms with Gasteiger partial charge in [0.05, 0.1) is 13.0 Å². The molecule has 3 heteroatoms. The molecule has 3 nitrogen and oxygen atoms in total. The zero-order valence-electron chi connectivity index (χ0n) is 9.74. The SMILES string of the molecule is COC(=O)C1CC(N2CCC(C)CC2)C1. The first-order valence-corrected chi connectivity index (χ1v) is 6.02. The maximum absolute atomic E-state index is 11.2. The summed E-state index contributed by atoms with van der Waals surface area (Å²) in [6.45, 7) is 4.77. The van der Waals surface area contributed by atoms with Gasteiger partial charge in [0.2, 0.25) is 0 Å². The summed E-state index contributed by atoms with van der Waals surface area (Å²) in [6.07, 6.45) is 4.67. The minimum absolute atomic E-state index is 0.0170. The van der Waals surface area contributed by atoms with E-state index in [-0.39, 0.29) is 11.9 Å². The van der Waals surface area contributed by atoms with Crippen LogP contribution >= 0.6 is 0 Å². The molecule has 1 heterocycles. The molecule has 0 atom stereocenters. The third kappa shape index (κ3) is 2.33. The molecular weight excluding hydrogens is 190 g/mol. The van der Waals surface area contributed by atoms with Crippen LogP contribution in [0.15, 0.2) is 0 Å². The molecule has 2 aliphatic rings. The first-order chi connectivity index (χ1) is 7.20. The predicted octanol–water partition coefficient (Wildman–Crippen LogP) is 1.67. The van der Waals surface area contributed by atoms with Gasteiger partial charge in [-0.3, -0.25) is 4.79 Å². The van der Waals surface area contributed by atoms with Gasteiger partial charge in [0, 0.05) is 6.04 Å². The summed E-state index contributed by atoms with van der Waals surface area (Å²) in [5.41, 5.74) is 0. The van der Waals surface area contributed by atoms with E-state index in [0.717, 1.165) is 18.8 Å². The van der Waals surface area contributed by atoms with Crippen LogP contribution in [-0.4, -0.2) is 37.1 Å². The molecule has 0 aromatic carbocycles. The lowest BCUT2D eigenvalue weighted by Crippen LogP contribution is -2.49. The minimum Gasteiger partial charge on any atom is -0.469 e. The van der Waals surface area contributed by atoms with E-state index in [2.05, 4.69) is 11.8 Å². The first kappa shape index (κ1) is 10.9. The lowest BCUT2D eigenvalue weighted by molar-refractivity contribution is -0.151. The van der Waals surface area contributed by atoms with Crippen LogP contribution in [0, 0.1) is 11.8 Å². The third-order valence-electron chi connectivity index (χ3n) is 3.98. The van der Waals surface area contributed by atoms with Gasteiger partial charge in [0.15, 0.2) is 0 Å². The number of methoxy groups -OCH3 is 1. The summed E-state index contributed by atoms with van der Waals surface area (Å²) in [4.78, 5) is 13.8. The molecule has 0 spiro atoms. The van der Waals surface area contributed by atoms with Crippen LogP contribution in [0.3, 0.4) is 0 Å². The van der Waals surface area contributed by atoms with Gasteiger partial charge in [-0.05, 0) is 44.7 Å². The van der Waals surface area contributed by atoms with Crippen molar-refractivity contribution in [3.05, 3.63) is 0 Å². The van der Waals surface area contributed by atoms with Crippen LogP contribution in [0.1, 0.15) is 32.6 Å². The number of hydrogen-bond acceptors (Lipinski definition) is 3. The van der Waals surface area contributed by atoms with E-state index in [1.807, 2.05) is 0 Å². The molecule has 0 unspecified atom stereocenters. The largest absolute Gasteiger partial charge is 0.469 e. The molecule has 0 radical (unpaired) electrons. The van der Waals surface area contributed by atoms with E-state index < -0.39 is 0 Å². The number of ether oxygens (including phenoxy) is 1. The Labute approximate surface area is 91.8 Å². The zero-order valence-corrected chi connectivity index (χ0v) is 9.74. The van der Waals surface area contributed by atoms with Crippen molar-refractivity contribution in [3.8, 4) is 0 Å². The summed E-state index contributed by atoms with van der Waals surface area (Å²) in [7, 11) is 1.48. The van der Waals surface area contributed by atoms with E-state index in [1.165, 1.54) is 33.0 Å². The van der Waals surface area contributed by atoms with Crippen molar-refractivity contribution in [2.24, 2.45) is 11.8 Å². The van der Waals surface area contributed by atoms with E-state index >= 15 is 0 Å². The van der Waals surface area contributed by atoms with Crippen molar-refractivity contribution in [2.75, 3.05) is 20.2 Å². The number of carbonyl (C=O) groups is 1. The number of carbonyl (C=O) groups excluding carboxylic acids is 1. The summed E-state index contributed by atoms with van der Waals surface area (Å²) < 4.78 is 4.75. The normalized spacial score (nSPS) is 33.5. The highest BCUT2D eigenvalue weighted by molar-refractivity contribution is 5.73. The van der Waals surface area contributed by atoms with E-state index in [1.54, 1.807) is 0 Å². The van der Waals surface area contributed by atoms with Crippen LogP contribution in [0.4, 0.5) is 0 Å². The quantitative estimate of drug-likeness (QED) is 0.651. The molecule has 1 saturated heterocycles. The van der Waals surface area contributed by atoms with Gasteiger partial charge in [-0.15, -0.1) is 0 Å². The van der Waals surface area contributed by atoms with Gasteiger partial charge >= 0.3 is 5.97 Å². The zero-order chi connectivity index (χ0) is 10.8. The van der Waals surface area contributed by atoms with Crippen LogP contribution in [0.5, 0.6) is 0 Å². The third-order valence-corrected chi connectivity index (χ3v) is 3.98. The molecule has 0 amide bonds. The van der Waals surface area contributed by atoms with Crippen molar-refractivity contribution in [1.82, 2.24) is 4.90 Å². The topological polar surface area (TPSA) is 29.5 Å². The second kappa shape index (κ2) is 4.52.